The molecule has 1 atom stereocenters. The Morgan fingerprint density at radius 2 is 1.97 bits per heavy atom. The molecule has 8 heteroatoms. The Morgan fingerprint density at radius 3 is 2.80 bits per heavy atom. The molecule has 0 bridgehead atoms. The Bertz CT molecular complexity index is 1010. The summed E-state index contributed by atoms with van der Waals surface area (Å²) in [5.74, 6) is 2.02. The highest BCUT2D eigenvalue weighted by Crippen LogP contribution is 2.17. The molecule has 1 saturated heterocycles. The van der Waals surface area contributed by atoms with Crippen molar-refractivity contribution in [3.63, 3.8) is 0 Å². The van der Waals surface area contributed by atoms with E-state index in [1.54, 1.807) is 7.05 Å². The number of hydrogen-bond donors (Lipinski definition) is 2. The van der Waals surface area contributed by atoms with Crippen molar-refractivity contribution in [2.24, 2.45) is 10.9 Å². The van der Waals surface area contributed by atoms with E-state index < -0.39 is 0 Å². The quantitative estimate of drug-likeness (QED) is 0.459. The Balaban J connectivity index is 1.23. The van der Waals surface area contributed by atoms with Gasteiger partial charge in [0.15, 0.2) is 17.4 Å². The second-order valence-electron chi connectivity index (χ2n) is 7.50. The molecule has 3 aromatic rings. The average molecular weight is 406 g/mol. The lowest BCUT2D eigenvalue weighted by Gasteiger charge is -2.17. The molecule has 1 unspecified atom stereocenters. The van der Waals surface area contributed by atoms with E-state index in [-0.39, 0.29) is 11.8 Å². The number of carbonyl (C=O) groups is 1. The van der Waals surface area contributed by atoms with Gasteiger partial charge in [-0.25, -0.2) is 0 Å². The molecule has 3 heterocycles. The van der Waals surface area contributed by atoms with Crippen molar-refractivity contribution in [2.45, 2.75) is 19.4 Å². The molecule has 8 nitrogen and oxygen atoms in total. The van der Waals surface area contributed by atoms with Gasteiger partial charge in [-0.2, -0.15) is 0 Å². The third kappa shape index (κ3) is 4.76. The number of carbonyl (C=O) groups excluding carboxylic acids is 1. The van der Waals surface area contributed by atoms with Crippen LogP contribution in [0.5, 0.6) is 0 Å². The van der Waals surface area contributed by atoms with Crippen molar-refractivity contribution < 1.29 is 4.79 Å². The Kier molecular flexibility index (Phi) is 6.22. The molecule has 156 valence electrons. The summed E-state index contributed by atoms with van der Waals surface area (Å²) in [4.78, 5) is 18.6. The number of aromatic nitrogens is 3. The van der Waals surface area contributed by atoms with Crippen LogP contribution in [0, 0.1) is 5.92 Å². The molecule has 30 heavy (non-hydrogen) atoms. The van der Waals surface area contributed by atoms with E-state index in [9.17, 15) is 4.79 Å². The van der Waals surface area contributed by atoms with Gasteiger partial charge in [0.1, 0.15) is 0 Å². The first-order valence-corrected chi connectivity index (χ1v) is 10.3. The van der Waals surface area contributed by atoms with Gasteiger partial charge in [0.25, 0.3) is 0 Å². The maximum atomic E-state index is 12.4. The van der Waals surface area contributed by atoms with Gasteiger partial charge in [-0.3, -0.25) is 14.2 Å². The molecule has 1 aliphatic heterocycles. The Morgan fingerprint density at radius 1 is 1.13 bits per heavy atom. The third-order valence-electron chi connectivity index (χ3n) is 5.39. The van der Waals surface area contributed by atoms with E-state index in [1.165, 1.54) is 5.56 Å². The van der Waals surface area contributed by atoms with Crippen LogP contribution in [0.25, 0.3) is 5.65 Å². The van der Waals surface area contributed by atoms with Crippen LogP contribution in [0.4, 0.5) is 0 Å². The summed E-state index contributed by atoms with van der Waals surface area (Å²) < 4.78 is 1.94. The Labute approximate surface area is 176 Å². The molecule has 0 radical (unpaired) electrons. The van der Waals surface area contributed by atoms with Crippen LogP contribution < -0.4 is 10.6 Å². The van der Waals surface area contributed by atoms with Crippen molar-refractivity contribution >= 4 is 17.5 Å². The predicted molar refractivity (Wildman–Crippen MR) is 116 cm³/mol. The number of benzene rings is 1. The van der Waals surface area contributed by atoms with Crippen LogP contribution in [0.2, 0.25) is 0 Å². The molecular weight excluding hydrogens is 378 g/mol. The molecule has 1 amide bonds. The molecule has 0 spiro atoms. The van der Waals surface area contributed by atoms with Crippen LogP contribution in [0.1, 0.15) is 17.8 Å². The lowest BCUT2D eigenvalue weighted by Crippen LogP contribution is -2.40. The van der Waals surface area contributed by atoms with E-state index in [4.69, 9.17) is 0 Å². The fourth-order valence-electron chi connectivity index (χ4n) is 3.75. The first-order valence-electron chi connectivity index (χ1n) is 10.3. The highest BCUT2D eigenvalue weighted by atomic mass is 16.2. The molecule has 0 saturated carbocycles. The molecule has 4 rings (SSSR count). The van der Waals surface area contributed by atoms with Gasteiger partial charge in [0, 0.05) is 45.2 Å². The van der Waals surface area contributed by atoms with Crippen LogP contribution in [0.3, 0.4) is 0 Å². The number of aliphatic imine (C=N–C) groups is 1. The zero-order valence-corrected chi connectivity index (χ0v) is 17.2. The smallest absolute Gasteiger partial charge is 0.223 e. The minimum Gasteiger partial charge on any atom is -0.356 e. The standard InChI is InChI=1S/C22H27N7O/c1-23-22(25-15-20-27-26-19-9-5-6-11-29(19)20)24-14-18-13-21(30)28(16-18)12-10-17-7-3-2-4-8-17/h2-9,11,18H,10,12-16H2,1H3,(H2,23,24,25). The summed E-state index contributed by atoms with van der Waals surface area (Å²) in [6.07, 6.45) is 3.41. The van der Waals surface area contributed by atoms with Gasteiger partial charge in [-0.1, -0.05) is 36.4 Å². The van der Waals surface area contributed by atoms with E-state index >= 15 is 0 Å². The summed E-state index contributed by atoms with van der Waals surface area (Å²) >= 11 is 0. The van der Waals surface area contributed by atoms with Crippen LogP contribution in [-0.4, -0.2) is 58.0 Å². The summed E-state index contributed by atoms with van der Waals surface area (Å²) in [7, 11) is 1.74. The van der Waals surface area contributed by atoms with Gasteiger partial charge < -0.3 is 15.5 Å². The number of guanidine groups is 1. The molecule has 1 aliphatic rings. The van der Waals surface area contributed by atoms with Crippen molar-refractivity contribution in [1.82, 2.24) is 30.1 Å². The predicted octanol–water partition coefficient (Wildman–Crippen LogP) is 1.49. The lowest BCUT2D eigenvalue weighted by atomic mass is 10.1. The normalized spacial score (nSPS) is 17.0. The summed E-state index contributed by atoms with van der Waals surface area (Å²) in [5, 5.41) is 15.0. The lowest BCUT2D eigenvalue weighted by molar-refractivity contribution is -0.127. The fourth-order valence-corrected chi connectivity index (χ4v) is 3.75. The third-order valence-corrected chi connectivity index (χ3v) is 5.39. The van der Waals surface area contributed by atoms with Crippen molar-refractivity contribution in [1.29, 1.82) is 0 Å². The number of nitrogens with one attached hydrogen (secondary N) is 2. The molecule has 2 N–H and O–H groups in total. The second-order valence-corrected chi connectivity index (χ2v) is 7.50. The largest absolute Gasteiger partial charge is 0.356 e. The van der Waals surface area contributed by atoms with Crippen LogP contribution in [-0.2, 0) is 17.8 Å². The number of nitrogens with zero attached hydrogens (tertiary/aromatic N) is 5. The number of likely N-dealkylation sites (tertiary alicyclic amines) is 1. The number of pyridine rings is 1. The number of rotatable bonds is 7. The fraction of sp³-hybridized carbons (Fsp3) is 0.364. The molecule has 1 fully saturated rings. The molecular formula is C22H27N7O. The molecule has 1 aromatic carbocycles. The highest BCUT2D eigenvalue weighted by molar-refractivity contribution is 5.80. The maximum absolute atomic E-state index is 12.4. The average Bonchev–Trinajstić information content (AvgIpc) is 3.36. The topological polar surface area (TPSA) is 86.9 Å². The Hall–Kier alpha value is -3.42. The van der Waals surface area contributed by atoms with Crippen LogP contribution >= 0.6 is 0 Å². The van der Waals surface area contributed by atoms with E-state index in [0.29, 0.717) is 25.5 Å². The van der Waals surface area contributed by atoms with E-state index in [0.717, 1.165) is 31.0 Å². The maximum Gasteiger partial charge on any atom is 0.223 e. The number of hydrogen-bond acceptors (Lipinski definition) is 4. The van der Waals surface area contributed by atoms with Gasteiger partial charge in [0.2, 0.25) is 5.91 Å². The SMILES string of the molecule is CN=C(NCc1nnc2ccccn12)NCC1CC(=O)N(CCc2ccccc2)C1. The van der Waals surface area contributed by atoms with Crippen molar-refractivity contribution in [3.05, 3.63) is 66.1 Å². The first kappa shape index (κ1) is 19.9. The van der Waals surface area contributed by atoms with E-state index in [1.807, 2.05) is 51.9 Å². The minimum absolute atomic E-state index is 0.232. The number of fused-ring (bicyclic) bond motifs is 1. The second kappa shape index (κ2) is 9.39. The van der Waals surface area contributed by atoms with Gasteiger partial charge in [-0.15, -0.1) is 10.2 Å². The molecule has 0 aliphatic carbocycles. The van der Waals surface area contributed by atoms with Gasteiger partial charge in [-0.05, 0) is 24.1 Å². The summed E-state index contributed by atoms with van der Waals surface area (Å²) in [6.45, 7) is 2.77. The number of amides is 1. The zero-order chi connectivity index (χ0) is 20.8. The highest BCUT2D eigenvalue weighted by Gasteiger charge is 2.29. The van der Waals surface area contributed by atoms with Gasteiger partial charge >= 0.3 is 0 Å². The summed E-state index contributed by atoms with van der Waals surface area (Å²) in [6, 6.07) is 16.1. The van der Waals surface area contributed by atoms with Crippen molar-refractivity contribution in [2.75, 3.05) is 26.7 Å². The van der Waals surface area contributed by atoms with Crippen molar-refractivity contribution in [3.8, 4) is 0 Å². The molecule has 2 aromatic heterocycles. The monoisotopic (exact) mass is 405 g/mol. The minimum atomic E-state index is 0.232. The summed E-state index contributed by atoms with van der Waals surface area (Å²) in [5.41, 5.74) is 2.08. The zero-order valence-electron chi connectivity index (χ0n) is 17.2. The van der Waals surface area contributed by atoms with Crippen LogP contribution in [0.15, 0.2) is 59.7 Å². The first-order chi connectivity index (χ1) is 14.7. The van der Waals surface area contributed by atoms with Gasteiger partial charge in [0.05, 0.1) is 6.54 Å². The van der Waals surface area contributed by atoms with E-state index in [2.05, 4.69) is 38.0 Å².